The first-order valence-electron chi connectivity index (χ1n) is 7.90. The first-order chi connectivity index (χ1) is 10.6. The number of carbonyl (C=O) groups is 1. The summed E-state index contributed by atoms with van der Waals surface area (Å²) < 4.78 is 5.39. The Morgan fingerprint density at radius 3 is 2.45 bits per heavy atom. The van der Waals surface area contributed by atoms with Gasteiger partial charge < -0.3 is 15.0 Å². The summed E-state index contributed by atoms with van der Waals surface area (Å²) in [5.74, 6) is 0.288. The Hall–Kier alpha value is -1.10. The van der Waals surface area contributed by atoms with Crippen LogP contribution in [0.2, 0.25) is 5.02 Å². The monoisotopic (exact) mass is 322 g/mol. The third-order valence-electron chi connectivity index (χ3n) is 4.90. The molecule has 0 spiro atoms. The molecular formula is C17H23ClN2O2. The van der Waals surface area contributed by atoms with Crippen molar-refractivity contribution in [1.82, 2.24) is 10.2 Å². The van der Waals surface area contributed by atoms with E-state index in [0.29, 0.717) is 6.10 Å². The predicted octanol–water partition coefficient (Wildman–Crippen LogP) is 2.11. The molecular weight excluding hydrogens is 300 g/mol. The Labute approximate surface area is 136 Å². The highest BCUT2D eigenvalue weighted by Gasteiger charge is 2.46. The number of nitrogens with zero attached hydrogens (tertiary/aromatic N) is 1. The zero-order valence-electron chi connectivity index (χ0n) is 13.0. The van der Waals surface area contributed by atoms with Gasteiger partial charge in [-0.1, -0.05) is 23.7 Å². The summed E-state index contributed by atoms with van der Waals surface area (Å²) in [4.78, 5) is 15.0. The van der Waals surface area contributed by atoms with E-state index in [4.69, 9.17) is 16.3 Å². The SMILES string of the molecule is COC1CCN(C(=O)C2(Cc3ccc(Cl)cc3)CNC2)CC1. The molecule has 0 bridgehead atoms. The molecule has 5 heteroatoms. The van der Waals surface area contributed by atoms with Crippen molar-refractivity contribution in [2.75, 3.05) is 33.3 Å². The van der Waals surface area contributed by atoms with Crippen LogP contribution in [-0.2, 0) is 16.0 Å². The summed E-state index contributed by atoms with van der Waals surface area (Å²) in [7, 11) is 1.75. The van der Waals surface area contributed by atoms with E-state index in [2.05, 4.69) is 5.32 Å². The van der Waals surface area contributed by atoms with E-state index < -0.39 is 0 Å². The number of ether oxygens (including phenoxy) is 1. The van der Waals surface area contributed by atoms with Gasteiger partial charge in [-0.2, -0.15) is 0 Å². The number of hydrogen-bond acceptors (Lipinski definition) is 3. The van der Waals surface area contributed by atoms with Crippen LogP contribution in [0.5, 0.6) is 0 Å². The van der Waals surface area contributed by atoms with Gasteiger partial charge in [-0.05, 0) is 37.0 Å². The molecule has 3 rings (SSSR count). The molecule has 120 valence electrons. The first-order valence-corrected chi connectivity index (χ1v) is 8.28. The molecule has 2 aliphatic rings. The number of amides is 1. The van der Waals surface area contributed by atoms with E-state index >= 15 is 0 Å². The number of hydrogen-bond donors (Lipinski definition) is 1. The smallest absolute Gasteiger partial charge is 0.231 e. The van der Waals surface area contributed by atoms with Crippen molar-refractivity contribution in [1.29, 1.82) is 0 Å². The number of methoxy groups -OCH3 is 1. The fraction of sp³-hybridized carbons (Fsp3) is 0.588. The molecule has 0 aromatic heterocycles. The van der Waals surface area contributed by atoms with Crippen molar-refractivity contribution in [3.05, 3.63) is 34.9 Å². The maximum atomic E-state index is 13.0. The van der Waals surface area contributed by atoms with Gasteiger partial charge in [0, 0.05) is 38.3 Å². The minimum absolute atomic E-state index is 0.284. The number of likely N-dealkylation sites (tertiary alicyclic amines) is 1. The molecule has 2 saturated heterocycles. The van der Waals surface area contributed by atoms with Gasteiger partial charge in [-0.15, -0.1) is 0 Å². The van der Waals surface area contributed by atoms with Gasteiger partial charge >= 0.3 is 0 Å². The number of halogens is 1. The second-order valence-corrected chi connectivity index (χ2v) is 6.85. The fourth-order valence-corrected chi connectivity index (χ4v) is 3.53. The van der Waals surface area contributed by atoms with Crippen molar-refractivity contribution in [2.24, 2.45) is 5.41 Å². The molecule has 22 heavy (non-hydrogen) atoms. The third-order valence-corrected chi connectivity index (χ3v) is 5.15. The summed E-state index contributed by atoms with van der Waals surface area (Å²) in [6.07, 6.45) is 2.95. The minimum atomic E-state index is -0.284. The normalized spacial score (nSPS) is 21.5. The number of piperidine rings is 1. The number of carbonyl (C=O) groups excluding carboxylic acids is 1. The Kier molecular flexibility index (Phi) is 4.71. The maximum Gasteiger partial charge on any atom is 0.231 e. The summed E-state index contributed by atoms with van der Waals surface area (Å²) in [6, 6.07) is 7.83. The van der Waals surface area contributed by atoms with Crippen LogP contribution in [-0.4, -0.2) is 50.2 Å². The van der Waals surface area contributed by atoms with Crippen molar-refractivity contribution < 1.29 is 9.53 Å². The summed E-state index contributed by atoms with van der Waals surface area (Å²) in [5, 5.41) is 4.01. The lowest BCUT2D eigenvalue weighted by Gasteiger charge is -2.45. The quantitative estimate of drug-likeness (QED) is 0.923. The zero-order valence-corrected chi connectivity index (χ0v) is 13.7. The third kappa shape index (κ3) is 3.14. The molecule has 0 aliphatic carbocycles. The van der Waals surface area contributed by atoms with Gasteiger partial charge in [0.05, 0.1) is 11.5 Å². The summed E-state index contributed by atoms with van der Waals surface area (Å²) in [6.45, 7) is 3.14. The van der Waals surface area contributed by atoms with Gasteiger partial charge in [-0.25, -0.2) is 0 Å². The second kappa shape index (κ2) is 6.57. The highest BCUT2D eigenvalue weighted by molar-refractivity contribution is 6.30. The van der Waals surface area contributed by atoms with E-state index in [1.807, 2.05) is 29.2 Å². The molecule has 2 aliphatic heterocycles. The van der Waals surface area contributed by atoms with Crippen molar-refractivity contribution in [3.63, 3.8) is 0 Å². The van der Waals surface area contributed by atoms with E-state index in [9.17, 15) is 4.79 Å². The molecule has 2 heterocycles. The Bertz CT molecular complexity index is 520. The summed E-state index contributed by atoms with van der Waals surface area (Å²) in [5.41, 5.74) is 0.888. The Balaban J connectivity index is 1.67. The number of nitrogens with one attached hydrogen (secondary N) is 1. The summed E-state index contributed by atoms with van der Waals surface area (Å²) >= 11 is 5.94. The van der Waals surface area contributed by atoms with Crippen molar-refractivity contribution in [2.45, 2.75) is 25.4 Å². The van der Waals surface area contributed by atoms with Crippen LogP contribution in [0.15, 0.2) is 24.3 Å². The molecule has 1 aromatic carbocycles. The van der Waals surface area contributed by atoms with Crippen LogP contribution in [0.4, 0.5) is 0 Å². The lowest BCUT2D eigenvalue weighted by molar-refractivity contribution is -0.147. The molecule has 0 saturated carbocycles. The molecule has 1 N–H and O–H groups in total. The van der Waals surface area contributed by atoms with E-state index in [1.54, 1.807) is 7.11 Å². The van der Waals surface area contributed by atoms with Gasteiger partial charge in [-0.3, -0.25) is 4.79 Å². The number of rotatable bonds is 4. The fourth-order valence-electron chi connectivity index (χ4n) is 3.40. The number of benzene rings is 1. The van der Waals surface area contributed by atoms with E-state index in [-0.39, 0.29) is 11.3 Å². The Morgan fingerprint density at radius 2 is 1.95 bits per heavy atom. The second-order valence-electron chi connectivity index (χ2n) is 6.41. The highest BCUT2D eigenvalue weighted by Crippen LogP contribution is 2.32. The van der Waals surface area contributed by atoms with Gasteiger partial charge in [0.25, 0.3) is 0 Å². The highest BCUT2D eigenvalue weighted by atomic mass is 35.5. The van der Waals surface area contributed by atoms with Crippen LogP contribution in [0.3, 0.4) is 0 Å². The van der Waals surface area contributed by atoms with E-state index in [1.165, 1.54) is 5.56 Å². The van der Waals surface area contributed by atoms with Crippen LogP contribution >= 0.6 is 11.6 Å². The van der Waals surface area contributed by atoms with Gasteiger partial charge in [0.2, 0.25) is 5.91 Å². The van der Waals surface area contributed by atoms with Crippen LogP contribution in [0.25, 0.3) is 0 Å². The van der Waals surface area contributed by atoms with Crippen molar-refractivity contribution in [3.8, 4) is 0 Å². The molecule has 1 aromatic rings. The van der Waals surface area contributed by atoms with Crippen LogP contribution in [0, 0.1) is 5.41 Å². The minimum Gasteiger partial charge on any atom is -0.381 e. The average Bonchev–Trinajstić information content (AvgIpc) is 2.52. The first kappa shape index (κ1) is 15.8. The van der Waals surface area contributed by atoms with Crippen LogP contribution < -0.4 is 5.32 Å². The lowest BCUT2D eigenvalue weighted by atomic mass is 9.74. The molecule has 0 radical (unpaired) electrons. The molecule has 1 amide bonds. The van der Waals surface area contributed by atoms with E-state index in [0.717, 1.165) is 50.5 Å². The molecule has 2 fully saturated rings. The van der Waals surface area contributed by atoms with Gasteiger partial charge in [0.1, 0.15) is 0 Å². The lowest BCUT2D eigenvalue weighted by Crippen LogP contribution is -2.64. The maximum absolute atomic E-state index is 13.0. The Morgan fingerprint density at radius 1 is 1.32 bits per heavy atom. The molecule has 0 unspecified atom stereocenters. The van der Waals surface area contributed by atoms with Gasteiger partial charge in [0.15, 0.2) is 0 Å². The van der Waals surface area contributed by atoms with Crippen LogP contribution in [0.1, 0.15) is 18.4 Å². The predicted molar refractivity (Wildman–Crippen MR) is 87.1 cm³/mol. The standard InChI is InChI=1S/C17H23ClN2O2/c1-22-15-6-8-20(9-7-15)16(21)17(11-19-12-17)10-13-2-4-14(18)5-3-13/h2-5,15,19H,6-12H2,1H3. The topological polar surface area (TPSA) is 41.6 Å². The molecule has 4 nitrogen and oxygen atoms in total. The molecule has 0 atom stereocenters. The van der Waals surface area contributed by atoms with Crippen molar-refractivity contribution >= 4 is 17.5 Å². The zero-order chi connectivity index (χ0) is 15.6. The average molecular weight is 323 g/mol. The largest absolute Gasteiger partial charge is 0.381 e.